The molecule has 0 fully saturated rings. The summed E-state index contributed by atoms with van der Waals surface area (Å²) in [5.41, 5.74) is 1.23. The van der Waals surface area contributed by atoms with Gasteiger partial charge in [0.25, 0.3) is 0 Å². The van der Waals surface area contributed by atoms with Crippen LogP contribution in [0.2, 0.25) is 0 Å². The van der Waals surface area contributed by atoms with Crippen LogP contribution < -0.4 is 5.32 Å². The third kappa shape index (κ3) is 2.59. The third-order valence-electron chi connectivity index (χ3n) is 3.07. The molecule has 1 nitrogen and oxygen atoms in total. The number of halogens is 1. The maximum absolute atomic E-state index is 14.0. The van der Waals surface area contributed by atoms with E-state index in [1.165, 1.54) is 16.5 Å². The van der Waals surface area contributed by atoms with Crippen molar-refractivity contribution in [1.82, 2.24) is 5.32 Å². The Kier molecular flexibility index (Phi) is 4.05. The van der Waals surface area contributed by atoms with Crippen LogP contribution in [0.5, 0.6) is 0 Å². The minimum Gasteiger partial charge on any atom is -0.316 e. The van der Waals surface area contributed by atoms with E-state index >= 15 is 0 Å². The molecule has 4 heteroatoms. The predicted octanol–water partition coefficient (Wildman–Crippen LogP) is 4.91. The minimum atomic E-state index is -0.141. The first-order chi connectivity index (χ1) is 9.79. The van der Waals surface area contributed by atoms with Crippen molar-refractivity contribution in [3.63, 3.8) is 0 Å². The molecule has 102 valence electrons. The zero-order valence-electron chi connectivity index (χ0n) is 11.0. The van der Waals surface area contributed by atoms with Crippen molar-refractivity contribution < 1.29 is 4.39 Å². The Hall–Kier alpha value is -1.36. The monoisotopic (exact) mass is 303 g/mol. The Morgan fingerprint density at radius 2 is 1.95 bits per heavy atom. The lowest BCUT2D eigenvalue weighted by atomic mass is 10.2. The Labute approximate surface area is 125 Å². The smallest absolute Gasteiger partial charge is 0.133 e. The Morgan fingerprint density at radius 3 is 2.80 bits per heavy atom. The molecule has 3 rings (SSSR count). The SMILES string of the molecule is CNCc1ccccc1Sc1csc2cccc(F)c12. The first-order valence-corrected chi connectivity index (χ1v) is 8.05. The normalized spacial score (nSPS) is 11.1. The van der Waals surface area contributed by atoms with E-state index < -0.39 is 0 Å². The molecule has 0 saturated carbocycles. The lowest BCUT2D eigenvalue weighted by molar-refractivity contribution is 0.638. The van der Waals surface area contributed by atoms with Crippen LogP contribution in [0, 0.1) is 5.82 Å². The summed E-state index contributed by atoms with van der Waals surface area (Å²) >= 11 is 3.23. The number of nitrogens with one attached hydrogen (secondary N) is 1. The maximum Gasteiger partial charge on any atom is 0.133 e. The number of hydrogen-bond donors (Lipinski definition) is 1. The number of hydrogen-bond acceptors (Lipinski definition) is 3. The van der Waals surface area contributed by atoms with Crippen molar-refractivity contribution in [3.8, 4) is 0 Å². The molecular formula is C16H14FNS2. The molecule has 0 amide bonds. The molecule has 1 aromatic heterocycles. The molecule has 0 aliphatic rings. The number of fused-ring (bicyclic) bond motifs is 1. The van der Waals surface area contributed by atoms with Crippen LogP contribution in [-0.4, -0.2) is 7.05 Å². The van der Waals surface area contributed by atoms with Gasteiger partial charge in [0.2, 0.25) is 0 Å². The molecule has 0 aliphatic carbocycles. The van der Waals surface area contributed by atoms with Gasteiger partial charge < -0.3 is 5.32 Å². The highest BCUT2D eigenvalue weighted by Gasteiger charge is 2.11. The molecule has 0 unspecified atom stereocenters. The fourth-order valence-corrected chi connectivity index (χ4v) is 4.35. The highest BCUT2D eigenvalue weighted by Crippen LogP contribution is 2.39. The van der Waals surface area contributed by atoms with Gasteiger partial charge in [-0.2, -0.15) is 0 Å². The molecule has 0 bridgehead atoms. The molecule has 0 atom stereocenters. The quantitative estimate of drug-likeness (QED) is 0.735. The molecule has 2 aromatic carbocycles. The average Bonchev–Trinajstić information content (AvgIpc) is 2.86. The van der Waals surface area contributed by atoms with Crippen molar-refractivity contribution >= 4 is 33.2 Å². The highest BCUT2D eigenvalue weighted by atomic mass is 32.2. The standard InChI is InChI=1S/C16H14FNS2/c1-18-9-11-5-2-3-7-13(11)20-15-10-19-14-8-4-6-12(17)16(14)15/h2-8,10,18H,9H2,1H3. The molecule has 3 aromatic rings. The van der Waals surface area contributed by atoms with E-state index in [-0.39, 0.29) is 5.82 Å². The molecule has 0 aliphatic heterocycles. The summed E-state index contributed by atoms with van der Waals surface area (Å²) in [7, 11) is 1.93. The van der Waals surface area contributed by atoms with E-state index in [1.54, 1.807) is 29.2 Å². The Morgan fingerprint density at radius 1 is 1.10 bits per heavy atom. The Bertz CT molecular complexity index is 736. The summed E-state index contributed by atoms with van der Waals surface area (Å²) in [4.78, 5) is 2.16. The first-order valence-electron chi connectivity index (χ1n) is 6.35. The van der Waals surface area contributed by atoms with Crippen LogP contribution in [0.1, 0.15) is 5.56 Å². The molecule has 0 saturated heterocycles. The van der Waals surface area contributed by atoms with E-state index in [4.69, 9.17) is 0 Å². The number of benzene rings is 2. The van der Waals surface area contributed by atoms with Crippen LogP contribution in [0.25, 0.3) is 10.1 Å². The summed E-state index contributed by atoms with van der Waals surface area (Å²) in [5, 5.41) is 5.94. The van der Waals surface area contributed by atoms with Gasteiger partial charge >= 0.3 is 0 Å². The summed E-state index contributed by atoms with van der Waals surface area (Å²) in [6.07, 6.45) is 0. The lowest BCUT2D eigenvalue weighted by Gasteiger charge is -2.08. The van der Waals surface area contributed by atoms with Crippen LogP contribution in [-0.2, 0) is 6.54 Å². The summed E-state index contributed by atoms with van der Waals surface area (Å²) < 4.78 is 15.0. The van der Waals surface area contributed by atoms with Gasteiger partial charge in [0.1, 0.15) is 5.82 Å². The Balaban J connectivity index is 2.02. The highest BCUT2D eigenvalue weighted by molar-refractivity contribution is 7.99. The second-order valence-corrected chi connectivity index (χ2v) is 6.45. The summed E-state index contributed by atoms with van der Waals surface area (Å²) in [6.45, 7) is 0.813. The van der Waals surface area contributed by atoms with Crippen molar-refractivity contribution in [3.05, 3.63) is 59.2 Å². The lowest BCUT2D eigenvalue weighted by Crippen LogP contribution is -2.05. The van der Waals surface area contributed by atoms with E-state index in [0.29, 0.717) is 0 Å². The van der Waals surface area contributed by atoms with Crippen molar-refractivity contribution in [2.45, 2.75) is 16.3 Å². The first kappa shape index (κ1) is 13.6. The van der Waals surface area contributed by atoms with Gasteiger partial charge in [-0.3, -0.25) is 0 Å². The van der Waals surface area contributed by atoms with Crippen molar-refractivity contribution in [2.75, 3.05) is 7.05 Å². The average molecular weight is 303 g/mol. The van der Waals surface area contributed by atoms with E-state index in [2.05, 4.69) is 17.4 Å². The fraction of sp³-hybridized carbons (Fsp3) is 0.125. The third-order valence-corrected chi connectivity index (χ3v) is 5.33. The second kappa shape index (κ2) is 5.95. The van der Waals surface area contributed by atoms with Gasteiger partial charge in [-0.25, -0.2) is 4.39 Å². The predicted molar refractivity (Wildman–Crippen MR) is 85.1 cm³/mol. The molecule has 0 radical (unpaired) electrons. The maximum atomic E-state index is 14.0. The summed E-state index contributed by atoms with van der Waals surface area (Å²) in [5.74, 6) is -0.141. The minimum absolute atomic E-state index is 0.141. The van der Waals surface area contributed by atoms with Gasteiger partial charge in [0.05, 0.1) is 0 Å². The zero-order chi connectivity index (χ0) is 13.9. The van der Waals surface area contributed by atoms with Crippen molar-refractivity contribution in [1.29, 1.82) is 0 Å². The topological polar surface area (TPSA) is 12.0 Å². The number of rotatable bonds is 4. The zero-order valence-corrected chi connectivity index (χ0v) is 12.7. The molecule has 0 spiro atoms. The second-order valence-electron chi connectivity index (χ2n) is 4.45. The van der Waals surface area contributed by atoms with Crippen LogP contribution in [0.3, 0.4) is 0 Å². The van der Waals surface area contributed by atoms with Gasteiger partial charge in [0.15, 0.2) is 0 Å². The largest absolute Gasteiger partial charge is 0.316 e. The fourth-order valence-electron chi connectivity index (χ4n) is 2.15. The molecular weight excluding hydrogens is 289 g/mol. The van der Waals surface area contributed by atoms with Gasteiger partial charge in [-0.05, 0) is 30.8 Å². The van der Waals surface area contributed by atoms with Gasteiger partial charge in [-0.1, -0.05) is 36.0 Å². The molecule has 1 N–H and O–H groups in total. The van der Waals surface area contributed by atoms with Crippen LogP contribution >= 0.6 is 23.1 Å². The van der Waals surface area contributed by atoms with E-state index in [9.17, 15) is 4.39 Å². The van der Waals surface area contributed by atoms with Gasteiger partial charge in [-0.15, -0.1) is 11.3 Å². The van der Waals surface area contributed by atoms with E-state index in [1.807, 2.05) is 30.6 Å². The van der Waals surface area contributed by atoms with Crippen molar-refractivity contribution in [2.24, 2.45) is 0 Å². The molecule has 1 heterocycles. The summed E-state index contributed by atoms with van der Waals surface area (Å²) in [6, 6.07) is 13.5. The van der Waals surface area contributed by atoms with E-state index in [0.717, 1.165) is 21.5 Å². The molecule has 20 heavy (non-hydrogen) atoms. The van der Waals surface area contributed by atoms with Crippen LogP contribution in [0.15, 0.2) is 57.6 Å². The van der Waals surface area contributed by atoms with Gasteiger partial charge in [0, 0.05) is 31.8 Å². The number of thiophene rings is 1. The van der Waals surface area contributed by atoms with Crippen LogP contribution in [0.4, 0.5) is 4.39 Å².